The summed E-state index contributed by atoms with van der Waals surface area (Å²) in [5.74, 6) is 0.797. The number of carbonyl (C=O) groups is 1. The molecule has 126 valence electrons. The molecule has 0 radical (unpaired) electrons. The minimum atomic E-state index is -0.0759. The van der Waals surface area contributed by atoms with Gasteiger partial charge in [-0.05, 0) is 32.3 Å². The molecule has 0 amide bonds. The van der Waals surface area contributed by atoms with Crippen molar-refractivity contribution >= 4 is 17.9 Å². The van der Waals surface area contributed by atoms with Gasteiger partial charge in [0, 0.05) is 26.8 Å². The third-order valence-electron chi connectivity index (χ3n) is 3.86. The Hall–Kier alpha value is -1.95. The predicted octanol–water partition coefficient (Wildman–Crippen LogP) is 2.31. The van der Waals surface area contributed by atoms with E-state index in [0.29, 0.717) is 13.2 Å². The second-order valence-corrected chi connectivity index (χ2v) is 5.50. The SMILES string of the molecule is CCOC(=O)C1CCN(c2cncc(/C=C/CCOC)n2)CC1. The van der Waals surface area contributed by atoms with Crippen molar-refractivity contribution in [3.05, 3.63) is 24.2 Å². The molecule has 1 saturated heterocycles. The van der Waals surface area contributed by atoms with Gasteiger partial charge < -0.3 is 14.4 Å². The Bertz CT molecular complexity index is 526. The summed E-state index contributed by atoms with van der Waals surface area (Å²) < 4.78 is 10.1. The van der Waals surface area contributed by atoms with Crippen molar-refractivity contribution in [3.63, 3.8) is 0 Å². The number of ether oxygens (including phenoxy) is 2. The highest BCUT2D eigenvalue weighted by atomic mass is 16.5. The lowest BCUT2D eigenvalue weighted by Crippen LogP contribution is -2.37. The molecule has 0 saturated carbocycles. The predicted molar refractivity (Wildman–Crippen MR) is 89.1 cm³/mol. The van der Waals surface area contributed by atoms with Crippen molar-refractivity contribution < 1.29 is 14.3 Å². The molecule has 0 aliphatic carbocycles. The first-order valence-electron chi connectivity index (χ1n) is 8.13. The Morgan fingerprint density at radius 1 is 1.39 bits per heavy atom. The first kappa shape index (κ1) is 17.4. The standard InChI is InChI=1S/C17H25N3O3/c1-3-23-17(21)14-7-9-20(10-8-14)16-13-18-12-15(19-16)6-4-5-11-22-2/h4,6,12-14H,3,5,7-11H2,1-2H3/b6-4+. The van der Waals surface area contributed by atoms with Gasteiger partial charge in [0.2, 0.25) is 0 Å². The molecule has 6 heteroatoms. The number of esters is 1. The van der Waals surface area contributed by atoms with Crippen molar-refractivity contribution in [2.24, 2.45) is 5.92 Å². The molecule has 1 fully saturated rings. The van der Waals surface area contributed by atoms with Crippen LogP contribution in [0.2, 0.25) is 0 Å². The van der Waals surface area contributed by atoms with E-state index in [2.05, 4.69) is 14.9 Å². The molecule has 2 heterocycles. The van der Waals surface area contributed by atoms with Crippen LogP contribution in [0.25, 0.3) is 6.08 Å². The Labute approximate surface area is 137 Å². The van der Waals surface area contributed by atoms with Crippen LogP contribution in [0.3, 0.4) is 0 Å². The lowest BCUT2D eigenvalue weighted by atomic mass is 9.97. The molecule has 1 aromatic rings. The van der Waals surface area contributed by atoms with Gasteiger partial charge in [-0.1, -0.05) is 6.08 Å². The van der Waals surface area contributed by atoms with E-state index in [9.17, 15) is 4.79 Å². The smallest absolute Gasteiger partial charge is 0.309 e. The molecule has 2 rings (SSSR count). The number of piperidine rings is 1. The maximum Gasteiger partial charge on any atom is 0.309 e. The molecule has 0 N–H and O–H groups in total. The second kappa shape index (κ2) is 9.25. The zero-order valence-electron chi connectivity index (χ0n) is 13.9. The van der Waals surface area contributed by atoms with Crippen LogP contribution in [0.4, 0.5) is 5.82 Å². The molecule has 23 heavy (non-hydrogen) atoms. The maximum absolute atomic E-state index is 11.8. The third kappa shape index (κ3) is 5.32. The van der Waals surface area contributed by atoms with Crippen LogP contribution in [0, 0.1) is 5.92 Å². The van der Waals surface area contributed by atoms with Crippen LogP contribution in [0.5, 0.6) is 0 Å². The van der Waals surface area contributed by atoms with Crippen molar-refractivity contribution in [1.82, 2.24) is 9.97 Å². The topological polar surface area (TPSA) is 64.5 Å². The van der Waals surface area contributed by atoms with E-state index in [0.717, 1.165) is 43.9 Å². The summed E-state index contributed by atoms with van der Waals surface area (Å²) in [6, 6.07) is 0. The largest absolute Gasteiger partial charge is 0.466 e. The fraction of sp³-hybridized carbons (Fsp3) is 0.588. The molecule has 0 bridgehead atoms. The number of carbonyl (C=O) groups excluding carboxylic acids is 1. The molecular formula is C17H25N3O3. The summed E-state index contributed by atoms with van der Waals surface area (Å²) >= 11 is 0. The number of anilines is 1. The molecule has 1 aliphatic rings. The molecular weight excluding hydrogens is 294 g/mol. The average molecular weight is 319 g/mol. The van der Waals surface area contributed by atoms with Gasteiger partial charge in [-0.25, -0.2) is 4.98 Å². The zero-order valence-corrected chi connectivity index (χ0v) is 13.9. The van der Waals surface area contributed by atoms with Gasteiger partial charge in [0.15, 0.2) is 0 Å². The van der Waals surface area contributed by atoms with Crippen molar-refractivity contribution in [2.75, 3.05) is 38.3 Å². The number of aromatic nitrogens is 2. The third-order valence-corrected chi connectivity index (χ3v) is 3.86. The van der Waals surface area contributed by atoms with E-state index in [-0.39, 0.29) is 11.9 Å². The van der Waals surface area contributed by atoms with Crippen molar-refractivity contribution in [2.45, 2.75) is 26.2 Å². The van der Waals surface area contributed by atoms with Gasteiger partial charge in [0.1, 0.15) is 5.82 Å². The summed E-state index contributed by atoms with van der Waals surface area (Å²) in [5, 5.41) is 0. The Balaban J connectivity index is 1.90. The Kier molecular flexibility index (Phi) is 7.00. The number of nitrogens with zero attached hydrogens (tertiary/aromatic N) is 3. The normalized spacial score (nSPS) is 16.0. The number of rotatable bonds is 7. The minimum Gasteiger partial charge on any atom is -0.466 e. The van der Waals surface area contributed by atoms with Gasteiger partial charge in [-0.2, -0.15) is 0 Å². The fourth-order valence-electron chi connectivity index (χ4n) is 2.60. The van der Waals surface area contributed by atoms with E-state index in [1.807, 2.05) is 19.1 Å². The van der Waals surface area contributed by atoms with Gasteiger partial charge in [-0.15, -0.1) is 0 Å². The van der Waals surface area contributed by atoms with Crippen LogP contribution >= 0.6 is 0 Å². The summed E-state index contributed by atoms with van der Waals surface area (Å²) in [5.41, 5.74) is 0.839. The van der Waals surface area contributed by atoms with E-state index < -0.39 is 0 Å². The second-order valence-electron chi connectivity index (χ2n) is 5.50. The van der Waals surface area contributed by atoms with Gasteiger partial charge in [0.05, 0.1) is 30.6 Å². The van der Waals surface area contributed by atoms with Crippen LogP contribution in [0.1, 0.15) is 31.9 Å². The maximum atomic E-state index is 11.8. The van der Waals surface area contributed by atoms with Crippen molar-refractivity contribution in [1.29, 1.82) is 0 Å². The quantitative estimate of drug-likeness (QED) is 0.567. The molecule has 1 aromatic heterocycles. The highest BCUT2D eigenvalue weighted by molar-refractivity contribution is 5.72. The Morgan fingerprint density at radius 2 is 2.17 bits per heavy atom. The summed E-state index contributed by atoms with van der Waals surface area (Å²) in [4.78, 5) is 22.8. The lowest BCUT2D eigenvalue weighted by Gasteiger charge is -2.31. The lowest BCUT2D eigenvalue weighted by molar-refractivity contribution is -0.148. The molecule has 0 atom stereocenters. The molecule has 0 aromatic carbocycles. The van der Waals surface area contributed by atoms with E-state index in [1.54, 1.807) is 19.5 Å². The summed E-state index contributed by atoms with van der Waals surface area (Å²) in [6.07, 6.45) is 9.97. The van der Waals surface area contributed by atoms with E-state index >= 15 is 0 Å². The number of methoxy groups -OCH3 is 1. The number of hydrogen-bond acceptors (Lipinski definition) is 6. The summed E-state index contributed by atoms with van der Waals surface area (Å²) in [6.45, 7) is 4.59. The van der Waals surface area contributed by atoms with Gasteiger partial charge >= 0.3 is 5.97 Å². The zero-order chi connectivity index (χ0) is 16.5. The van der Waals surface area contributed by atoms with Gasteiger partial charge in [-0.3, -0.25) is 9.78 Å². The van der Waals surface area contributed by atoms with Crippen LogP contribution in [-0.4, -0.2) is 49.4 Å². The van der Waals surface area contributed by atoms with Crippen molar-refractivity contribution in [3.8, 4) is 0 Å². The highest BCUT2D eigenvalue weighted by Crippen LogP contribution is 2.22. The molecule has 6 nitrogen and oxygen atoms in total. The van der Waals surface area contributed by atoms with Crippen LogP contribution in [-0.2, 0) is 14.3 Å². The van der Waals surface area contributed by atoms with Crippen LogP contribution in [0.15, 0.2) is 18.5 Å². The molecule has 0 spiro atoms. The van der Waals surface area contributed by atoms with E-state index in [4.69, 9.17) is 9.47 Å². The fourth-order valence-corrected chi connectivity index (χ4v) is 2.60. The average Bonchev–Trinajstić information content (AvgIpc) is 2.59. The summed E-state index contributed by atoms with van der Waals surface area (Å²) in [7, 11) is 1.69. The van der Waals surface area contributed by atoms with Gasteiger partial charge in [0.25, 0.3) is 0 Å². The van der Waals surface area contributed by atoms with Crippen LogP contribution < -0.4 is 4.90 Å². The number of hydrogen-bond donors (Lipinski definition) is 0. The molecule has 1 aliphatic heterocycles. The Morgan fingerprint density at radius 3 is 2.87 bits per heavy atom. The monoisotopic (exact) mass is 319 g/mol. The first-order chi connectivity index (χ1) is 11.2. The molecule has 0 unspecified atom stereocenters. The van der Waals surface area contributed by atoms with E-state index in [1.165, 1.54) is 0 Å². The minimum absolute atomic E-state index is 0.0104. The first-order valence-corrected chi connectivity index (χ1v) is 8.13. The highest BCUT2D eigenvalue weighted by Gasteiger charge is 2.26.